The predicted octanol–water partition coefficient (Wildman–Crippen LogP) is 16.0. The standard InChI is InChI=1S/C68H131NO10/c1-3-5-7-9-11-13-15-17-19-21-23-25-27-28-29-30-31-32-34-35-37-39-41-43-45-47-49-51-53-55-60(71)63(73)59(58-78-68-66(76)65(75)64(74)62(57-70)79-68)69-67(77)61(72)56-54-52-50-48-46-44-42-40-38-36-33-26-24-22-20-18-16-14-12-10-8-6-4-2/h39,41,47,49,59-66,68,70-76H,3-38,40,42-46,48,50-58H2,1-2H3,(H,69,77)/b41-39+,49-47+. The Morgan fingerprint density at radius 2 is 0.759 bits per heavy atom. The highest BCUT2D eigenvalue weighted by Crippen LogP contribution is 2.24. The van der Waals surface area contributed by atoms with Crippen LogP contribution in [0, 0.1) is 0 Å². The predicted molar refractivity (Wildman–Crippen MR) is 330 cm³/mol. The minimum absolute atomic E-state index is 0.249. The molecule has 1 heterocycles. The van der Waals surface area contributed by atoms with Gasteiger partial charge in [0.25, 0.3) is 0 Å². The molecule has 0 bridgehead atoms. The van der Waals surface area contributed by atoms with Gasteiger partial charge in [-0.3, -0.25) is 4.79 Å². The summed E-state index contributed by atoms with van der Waals surface area (Å²) in [5.41, 5.74) is 0. The van der Waals surface area contributed by atoms with Crippen LogP contribution >= 0.6 is 0 Å². The highest BCUT2D eigenvalue weighted by Gasteiger charge is 2.44. The molecule has 11 nitrogen and oxygen atoms in total. The summed E-state index contributed by atoms with van der Waals surface area (Å²) in [6.45, 7) is 3.49. The second kappa shape index (κ2) is 57.0. The summed E-state index contributed by atoms with van der Waals surface area (Å²) in [7, 11) is 0. The Morgan fingerprint density at radius 1 is 0.430 bits per heavy atom. The molecule has 9 atom stereocenters. The number of ether oxygens (including phenoxy) is 2. The maximum Gasteiger partial charge on any atom is 0.249 e. The number of hydrogen-bond donors (Lipinski definition) is 8. The number of carbonyl (C=O) groups excluding carboxylic acids is 1. The van der Waals surface area contributed by atoms with Gasteiger partial charge >= 0.3 is 0 Å². The van der Waals surface area contributed by atoms with E-state index in [9.17, 15) is 40.5 Å². The van der Waals surface area contributed by atoms with Gasteiger partial charge in [-0.15, -0.1) is 0 Å². The molecule has 1 rings (SSSR count). The summed E-state index contributed by atoms with van der Waals surface area (Å²) in [5.74, 6) is -0.704. The third-order valence-corrected chi connectivity index (χ3v) is 16.7. The highest BCUT2D eigenvalue weighted by molar-refractivity contribution is 5.80. The number of carbonyl (C=O) groups is 1. The molecule has 8 N–H and O–H groups in total. The minimum atomic E-state index is -1.67. The summed E-state index contributed by atoms with van der Waals surface area (Å²) < 4.78 is 11.2. The van der Waals surface area contributed by atoms with E-state index in [4.69, 9.17) is 9.47 Å². The Kier molecular flexibility index (Phi) is 54.6. The maximum absolute atomic E-state index is 13.2. The van der Waals surface area contributed by atoms with E-state index in [0.717, 1.165) is 38.5 Å². The first-order chi connectivity index (χ1) is 38.7. The van der Waals surface area contributed by atoms with Gasteiger partial charge < -0.3 is 50.5 Å². The van der Waals surface area contributed by atoms with Crippen LogP contribution in [0.1, 0.15) is 335 Å². The molecule has 11 heteroatoms. The third-order valence-electron chi connectivity index (χ3n) is 16.7. The van der Waals surface area contributed by atoms with Crippen LogP contribution in [0.4, 0.5) is 0 Å². The Hall–Kier alpha value is -1.41. The van der Waals surface area contributed by atoms with Gasteiger partial charge in [0.1, 0.15) is 36.6 Å². The molecule has 9 unspecified atom stereocenters. The second-order valence-electron chi connectivity index (χ2n) is 24.2. The molecular formula is C68H131NO10. The Labute approximate surface area is 486 Å². The van der Waals surface area contributed by atoms with Crippen molar-refractivity contribution in [2.75, 3.05) is 13.2 Å². The zero-order valence-corrected chi connectivity index (χ0v) is 51.6. The topological polar surface area (TPSA) is 189 Å². The van der Waals surface area contributed by atoms with E-state index >= 15 is 0 Å². The van der Waals surface area contributed by atoms with Crippen LogP contribution in [0.15, 0.2) is 24.3 Å². The molecule has 0 aliphatic carbocycles. The van der Waals surface area contributed by atoms with Crippen molar-refractivity contribution in [3.05, 3.63) is 24.3 Å². The van der Waals surface area contributed by atoms with Crippen molar-refractivity contribution < 1.29 is 50.0 Å². The van der Waals surface area contributed by atoms with Crippen LogP contribution in [0.2, 0.25) is 0 Å². The number of nitrogens with one attached hydrogen (secondary N) is 1. The van der Waals surface area contributed by atoms with Crippen LogP contribution in [0.3, 0.4) is 0 Å². The normalized spacial score (nSPS) is 19.4. The summed E-state index contributed by atoms with van der Waals surface area (Å²) in [6, 6.07) is -1.19. The first kappa shape index (κ1) is 75.6. The van der Waals surface area contributed by atoms with Crippen molar-refractivity contribution in [1.82, 2.24) is 5.32 Å². The first-order valence-electron chi connectivity index (χ1n) is 34.2. The maximum atomic E-state index is 13.2. The number of hydrogen-bond acceptors (Lipinski definition) is 10. The van der Waals surface area contributed by atoms with Gasteiger partial charge in [-0.25, -0.2) is 0 Å². The Bertz CT molecular complexity index is 1330. The van der Waals surface area contributed by atoms with Crippen molar-refractivity contribution in [1.29, 1.82) is 0 Å². The van der Waals surface area contributed by atoms with Crippen LogP contribution in [0.25, 0.3) is 0 Å². The summed E-state index contributed by atoms with van der Waals surface area (Å²) in [4.78, 5) is 13.2. The lowest BCUT2D eigenvalue weighted by molar-refractivity contribution is -0.303. The van der Waals surface area contributed by atoms with Gasteiger partial charge in [0.05, 0.1) is 25.4 Å². The third kappa shape index (κ3) is 44.7. The zero-order chi connectivity index (χ0) is 57.5. The van der Waals surface area contributed by atoms with Crippen LogP contribution in [-0.2, 0) is 14.3 Å². The summed E-state index contributed by atoms with van der Waals surface area (Å²) in [6.07, 6.45) is 59.8. The van der Waals surface area contributed by atoms with Gasteiger partial charge in [0.2, 0.25) is 5.91 Å². The van der Waals surface area contributed by atoms with E-state index in [1.54, 1.807) is 0 Å². The fourth-order valence-electron chi connectivity index (χ4n) is 11.2. The first-order valence-corrected chi connectivity index (χ1v) is 34.2. The smallest absolute Gasteiger partial charge is 0.249 e. The molecule has 79 heavy (non-hydrogen) atoms. The largest absolute Gasteiger partial charge is 0.394 e. The molecule has 1 saturated heterocycles. The number of amides is 1. The van der Waals surface area contributed by atoms with E-state index in [2.05, 4.69) is 43.5 Å². The molecule has 1 aliphatic rings. The SMILES string of the molecule is CCCCCCCCCCCCCCCCCCCCCC/C=C/CC/C=C/CCCC(O)C(O)C(COC1OC(CO)C(O)C(O)C1O)NC(=O)C(O)CCCCCCCCCCCCCCCCCCCCCCCCC. The fourth-order valence-corrected chi connectivity index (χ4v) is 11.2. The van der Waals surface area contributed by atoms with E-state index in [0.29, 0.717) is 19.3 Å². The highest BCUT2D eigenvalue weighted by atomic mass is 16.7. The average Bonchev–Trinajstić information content (AvgIpc) is 3.46. The molecule has 1 amide bonds. The van der Waals surface area contributed by atoms with Crippen molar-refractivity contribution in [2.24, 2.45) is 0 Å². The molecule has 0 aromatic heterocycles. The quantitative estimate of drug-likeness (QED) is 0.0215. The molecule has 0 saturated carbocycles. The second-order valence-corrected chi connectivity index (χ2v) is 24.2. The molecule has 0 aromatic carbocycles. The molecule has 0 spiro atoms. The summed E-state index contributed by atoms with van der Waals surface area (Å²) >= 11 is 0. The number of allylic oxidation sites excluding steroid dienone is 4. The molecule has 1 fully saturated rings. The Balaban J connectivity index is 2.24. The molecular weight excluding hydrogens is 991 g/mol. The van der Waals surface area contributed by atoms with Crippen molar-refractivity contribution >= 4 is 5.91 Å². The summed E-state index contributed by atoms with van der Waals surface area (Å²) in [5, 5.41) is 76.4. The molecule has 0 aromatic rings. The van der Waals surface area contributed by atoms with Crippen molar-refractivity contribution in [2.45, 2.75) is 390 Å². The van der Waals surface area contributed by atoms with Crippen molar-refractivity contribution in [3.8, 4) is 0 Å². The number of rotatable bonds is 60. The molecule has 0 radical (unpaired) electrons. The van der Waals surface area contributed by atoms with Gasteiger partial charge in [0, 0.05) is 0 Å². The van der Waals surface area contributed by atoms with E-state index in [1.165, 1.54) is 250 Å². The number of unbranched alkanes of at least 4 members (excludes halogenated alkanes) is 44. The van der Waals surface area contributed by atoms with E-state index in [-0.39, 0.29) is 12.8 Å². The van der Waals surface area contributed by atoms with E-state index < -0.39 is 74.2 Å². The zero-order valence-electron chi connectivity index (χ0n) is 51.6. The number of aliphatic hydroxyl groups excluding tert-OH is 7. The minimum Gasteiger partial charge on any atom is -0.394 e. The van der Waals surface area contributed by atoms with Crippen LogP contribution < -0.4 is 5.32 Å². The lowest BCUT2D eigenvalue weighted by Gasteiger charge is -2.40. The van der Waals surface area contributed by atoms with Gasteiger partial charge in [-0.2, -0.15) is 0 Å². The van der Waals surface area contributed by atoms with Crippen molar-refractivity contribution in [3.63, 3.8) is 0 Å². The van der Waals surface area contributed by atoms with Crippen LogP contribution in [0.5, 0.6) is 0 Å². The Morgan fingerprint density at radius 3 is 1.13 bits per heavy atom. The fraction of sp³-hybridized carbons (Fsp3) is 0.926. The average molecular weight is 1120 g/mol. The van der Waals surface area contributed by atoms with Gasteiger partial charge in [-0.05, 0) is 51.4 Å². The number of aliphatic hydroxyl groups is 7. The lowest BCUT2D eigenvalue weighted by Crippen LogP contribution is -2.60. The molecule has 1 aliphatic heterocycles. The monoisotopic (exact) mass is 1120 g/mol. The van der Waals surface area contributed by atoms with Crippen LogP contribution in [-0.4, -0.2) is 110 Å². The molecule has 468 valence electrons. The van der Waals surface area contributed by atoms with E-state index in [1.807, 2.05) is 0 Å². The van der Waals surface area contributed by atoms with Gasteiger partial charge in [0.15, 0.2) is 6.29 Å². The van der Waals surface area contributed by atoms with Gasteiger partial charge in [-0.1, -0.05) is 308 Å². The lowest BCUT2D eigenvalue weighted by atomic mass is 9.98.